The molecule has 1 fully saturated rings. The predicted molar refractivity (Wildman–Crippen MR) is 72.9 cm³/mol. The highest BCUT2D eigenvalue weighted by Crippen LogP contribution is 2.37. The molecule has 100 valence electrons. The van der Waals surface area contributed by atoms with E-state index in [-0.39, 0.29) is 0 Å². The number of nitrogens with one attached hydrogen (secondary N) is 1. The minimum Gasteiger partial charge on any atom is -0.478 e. The van der Waals surface area contributed by atoms with Crippen LogP contribution < -0.4 is 10.1 Å². The zero-order valence-corrected chi connectivity index (χ0v) is 11.6. The first-order chi connectivity index (χ1) is 8.59. The number of anilines is 1. The van der Waals surface area contributed by atoms with Gasteiger partial charge in [0.2, 0.25) is 11.8 Å². The molecule has 1 aromatic heterocycles. The second-order valence-corrected chi connectivity index (χ2v) is 5.82. The summed E-state index contributed by atoms with van der Waals surface area (Å²) >= 11 is 0. The van der Waals surface area contributed by atoms with E-state index in [2.05, 4.69) is 36.1 Å². The monoisotopic (exact) mass is 249 g/mol. The van der Waals surface area contributed by atoms with Crippen molar-refractivity contribution in [1.29, 1.82) is 0 Å². The van der Waals surface area contributed by atoms with E-state index in [9.17, 15) is 0 Å². The van der Waals surface area contributed by atoms with Gasteiger partial charge in [-0.1, -0.05) is 20.8 Å². The van der Waals surface area contributed by atoms with Crippen molar-refractivity contribution in [2.24, 2.45) is 5.41 Å². The minimum atomic E-state index is 0.438. The van der Waals surface area contributed by atoms with Gasteiger partial charge in [-0.25, -0.2) is 4.98 Å². The molecular formula is C14H23N3O. The maximum absolute atomic E-state index is 5.51. The van der Waals surface area contributed by atoms with Crippen molar-refractivity contribution in [3.05, 3.63) is 12.3 Å². The van der Waals surface area contributed by atoms with Gasteiger partial charge in [-0.2, -0.15) is 4.98 Å². The maximum Gasteiger partial charge on any atom is 0.226 e. The fraction of sp³-hybridized carbons (Fsp3) is 0.714. The lowest BCUT2D eigenvalue weighted by Gasteiger charge is -2.17. The molecule has 1 unspecified atom stereocenters. The van der Waals surface area contributed by atoms with E-state index < -0.39 is 0 Å². The molecule has 0 radical (unpaired) electrons. The van der Waals surface area contributed by atoms with Gasteiger partial charge in [-0.15, -0.1) is 0 Å². The molecule has 0 saturated heterocycles. The summed E-state index contributed by atoms with van der Waals surface area (Å²) in [4.78, 5) is 8.63. The molecule has 0 bridgehead atoms. The van der Waals surface area contributed by atoms with Gasteiger partial charge >= 0.3 is 0 Å². The number of hydrogen-bond acceptors (Lipinski definition) is 4. The zero-order valence-electron chi connectivity index (χ0n) is 11.6. The van der Waals surface area contributed by atoms with E-state index >= 15 is 0 Å². The largest absolute Gasteiger partial charge is 0.478 e. The molecule has 1 atom stereocenters. The second kappa shape index (κ2) is 5.55. The van der Waals surface area contributed by atoms with Crippen molar-refractivity contribution < 1.29 is 4.74 Å². The molecule has 1 aliphatic carbocycles. The lowest BCUT2D eigenvalue weighted by atomic mass is 9.92. The number of rotatable bonds is 5. The Morgan fingerprint density at radius 2 is 2.33 bits per heavy atom. The van der Waals surface area contributed by atoms with E-state index in [0.717, 1.165) is 6.42 Å². The fourth-order valence-corrected chi connectivity index (χ4v) is 2.44. The van der Waals surface area contributed by atoms with Gasteiger partial charge in [-0.05, 0) is 31.1 Å². The van der Waals surface area contributed by atoms with Crippen LogP contribution in [0.5, 0.6) is 5.88 Å². The molecule has 1 aromatic rings. The van der Waals surface area contributed by atoms with Crippen LogP contribution in [0.3, 0.4) is 0 Å². The second-order valence-electron chi connectivity index (χ2n) is 5.82. The van der Waals surface area contributed by atoms with Crippen LogP contribution in [0.2, 0.25) is 0 Å². The highest BCUT2D eigenvalue weighted by molar-refractivity contribution is 5.29. The Kier molecular flexibility index (Phi) is 4.04. The third-order valence-electron chi connectivity index (χ3n) is 3.39. The zero-order chi connectivity index (χ0) is 13.0. The third kappa shape index (κ3) is 3.59. The minimum absolute atomic E-state index is 0.438. The van der Waals surface area contributed by atoms with Crippen LogP contribution in [0.15, 0.2) is 12.3 Å². The van der Waals surface area contributed by atoms with Crippen molar-refractivity contribution in [2.75, 3.05) is 11.9 Å². The number of aromatic nitrogens is 2. The van der Waals surface area contributed by atoms with Gasteiger partial charge in [0, 0.05) is 18.3 Å². The van der Waals surface area contributed by atoms with E-state index in [1.54, 1.807) is 12.3 Å². The first kappa shape index (κ1) is 13.1. The van der Waals surface area contributed by atoms with Gasteiger partial charge in [0.05, 0.1) is 6.61 Å². The van der Waals surface area contributed by atoms with Crippen LogP contribution in [0, 0.1) is 5.41 Å². The third-order valence-corrected chi connectivity index (χ3v) is 3.39. The Labute approximate surface area is 109 Å². The number of ether oxygens (including phenoxy) is 1. The molecule has 0 spiro atoms. The summed E-state index contributed by atoms with van der Waals surface area (Å²) in [6, 6.07) is 2.29. The SMILES string of the molecule is CCCOc1ccnc(NC2CCC(C)(C)C2)n1. The number of nitrogens with zero attached hydrogens (tertiary/aromatic N) is 2. The van der Waals surface area contributed by atoms with Crippen LogP contribution >= 0.6 is 0 Å². The van der Waals surface area contributed by atoms with Crippen LogP contribution in [-0.2, 0) is 0 Å². The number of hydrogen-bond donors (Lipinski definition) is 1. The van der Waals surface area contributed by atoms with Crippen LogP contribution in [0.25, 0.3) is 0 Å². The summed E-state index contributed by atoms with van der Waals surface area (Å²) in [6.07, 6.45) is 6.37. The molecule has 1 N–H and O–H groups in total. The molecule has 2 rings (SSSR count). The van der Waals surface area contributed by atoms with Gasteiger partial charge in [0.25, 0.3) is 0 Å². The molecule has 1 aliphatic rings. The first-order valence-electron chi connectivity index (χ1n) is 6.81. The highest BCUT2D eigenvalue weighted by Gasteiger charge is 2.31. The molecule has 4 heteroatoms. The highest BCUT2D eigenvalue weighted by atomic mass is 16.5. The Hall–Kier alpha value is -1.32. The summed E-state index contributed by atoms with van der Waals surface area (Å²) in [5, 5.41) is 3.41. The standard InChI is InChI=1S/C14H23N3O/c1-4-9-18-12-6-8-15-13(17-12)16-11-5-7-14(2,3)10-11/h6,8,11H,4-5,7,9-10H2,1-3H3,(H,15,16,17). The van der Waals surface area contributed by atoms with E-state index in [4.69, 9.17) is 4.74 Å². The molecule has 1 heterocycles. The van der Waals surface area contributed by atoms with Crippen molar-refractivity contribution in [1.82, 2.24) is 9.97 Å². The average Bonchev–Trinajstić information content (AvgIpc) is 2.66. The summed E-state index contributed by atoms with van der Waals surface area (Å²) in [5.74, 6) is 1.35. The molecular weight excluding hydrogens is 226 g/mol. The van der Waals surface area contributed by atoms with Crippen molar-refractivity contribution in [3.8, 4) is 5.88 Å². The van der Waals surface area contributed by atoms with Gasteiger partial charge in [0.1, 0.15) is 0 Å². The molecule has 0 aliphatic heterocycles. The predicted octanol–water partition coefficient (Wildman–Crippen LogP) is 3.26. The Balaban J connectivity index is 1.93. The topological polar surface area (TPSA) is 47.0 Å². The summed E-state index contributed by atoms with van der Waals surface area (Å²) < 4.78 is 5.51. The Morgan fingerprint density at radius 3 is 3.00 bits per heavy atom. The summed E-state index contributed by atoms with van der Waals surface area (Å²) in [5.41, 5.74) is 0.438. The normalized spacial score (nSPS) is 21.8. The summed E-state index contributed by atoms with van der Waals surface area (Å²) in [7, 11) is 0. The van der Waals surface area contributed by atoms with Crippen molar-refractivity contribution >= 4 is 5.95 Å². The Bertz CT molecular complexity index is 392. The maximum atomic E-state index is 5.51. The Morgan fingerprint density at radius 1 is 1.50 bits per heavy atom. The van der Waals surface area contributed by atoms with Crippen LogP contribution in [-0.4, -0.2) is 22.6 Å². The van der Waals surface area contributed by atoms with Gasteiger partial charge in [-0.3, -0.25) is 0 Å². The van der Waals surface area contributed by atoms with Crippen LogP contribution in [0.1, 0.15) is 46.5 Å². The smallest absolute Gasteiger partial charge is 0.226 e. The van der Waals surface area contributed by atoms with Crippen molar-refractivity contribution in [2.45, 2.75) is 52.5 Å². The lowest BCUT2D eigenvalue weighted by Crippen LogP contribution is -2.19. The molecule has 18 heavy (non-hydrogen) atoms. The lowest BCUT2D eigenvalue weighted by molar-refractivity contribution is 0.305. The van der Waals surface area contributed by atoms with Crippen LogP contribution in [0.4, 0.5) is 5.95 Å². The van der Waals surface area contributed by atoms with E-state index in [1.165, 1.54) is 19.3 Å². The van der Waals surface area contributed by atoms with Crippen molar-refractivity contribution in [3.63, 3.8) is 0 Å². The van der Waals surface area contributed by atoms with Gasteiger partial charge < -0.3 is 10.1 Å². The van der Waals surface area contributed by atoms with E-state index in [0.29, 0.717) is 29.9 Å². The molecule has 0 amide bonds. The van der Waals surface area contributed by atoms with Gasteiger partial charge in [0.15, 0.2) is 0 Å². The first-order valence-corrected chi connectivity index (χ1v) is 6.81. The quantitative estimate of drug-likeness (QED) is 0.870. The molecule has 1 saturated carbocycles. The fourth-order valence-electron chi connectivity index (χ4n) is 2.44. The molecule has 0 aromatic carbocycles. The molecule has 4 nitrogen and oxygen atoms in total. The van der Waals surface area contributed by atoms with E-state index in [1.807, 2.05) is 0 Å². The summed E-state index contributed by atoms with van der Waals surface area (Å²) in [6.45, 7) is 7.42. The average molecular weight is 249 g/mol.